The first-order chi connectivity index (χ1) is 7.77. The van der Waals surface area contributed by atoms with E-state index in [1.165, 1.54) is 0 Å². The molecule has 0 bridgehead atoms. The van der Waals surface area contributed by atoms with E-state index in [1.54, 1.807) is 12.5 Å². The lowest BCUT2D eigenvalue weighted by molar-refractivity contribution is 0.0433. The number of rotatable bonds is 2. The molecule has 0 atom stereocenters. The van der Waals surface area contributed by atoms with Crippen molar-refractivity contribution in [1.29, 1.82) is 0 Å². The fourth-order valence-corrected chi connectivity index (χ4v) is 0.464. The molecule has 0 aromatic rings. The summed E-state index contributed by atoms with van der Waals surface area (Å²) in [7, 11) is 0.848. The molecule has 0 unspecified atom stereocenters. The Morgan fingerprint density at radius 2 is 0.833 bits per heavy atom. The van der Waals surface area contributed by atoms with Gasteiger partial charge in [-0.3, -0.25) is 0 Å². The van der Waals surface area contributed by atoms with E-state index in [0.717, 1.165) is 10.5 Å². The van der Waals surface area contributed by atoms with Gasteiger partial charge in [0.1, 0.15) is 23.0 Å². The van der Waals surface area contributed by atoms with Gasteiger partial charge in [-0.25, -0.2) is 0 Å². The van der Waals surface area contributed by atoms with E-state index >= 15 is 0 Å². The van der Waals surface area contributed by atoms with E-state index in [4.69, 9.17) is 13.9 Å². The zero-order chi connectivity index (χ0) is 15.0. The van der Waals surface area contributed by atoms with E-state index in [0.29, 0.717) is 0 Å². The Kier molecular flexibility index (Phi) is 8.65. The predicted octanol–water partition coefficient (Wildman–Crippen LogP) is 3.17. The van der Waals surface area contributed by atoms with Crippen LogP contribution in [-0.2, 0) is 13.9 Å². The lowest BCUT2D eigenvalue weighted by Gasteiger charge is -2.20. The van der Waals surface area contributed by atoms with Crippen molar-refractivity contribution in [2.45, 2.75) is 79.1 Å². The van der Waals surface area contributed by atoms with Crippen LogP contribution in [0.3, 0.4) is 0 Å². The van der Waals surface area contributed by atoms with Gasteiger partial charge in [0.05, 0.1) is 11.2 Å². The van der Waals surface area contributed by atoms with Gasteiger partial charge in [0.2, 0.25) is 0 Å². The third kappa shape index (κ3) is 24.7. The van der Waals surface area contributed by atoms with Crippen LogP contribution in [0.15, 0.2) is 12.5 Å². The first-order valence-corrected chi connectivity index (χ1v) is 7.14. The molecule has 0 amide bonds. The molecule has 4 heteroatoms. The Labute approximate surface area is 116 Å². The molecule has 0 spiro atoms. The van der Waals surface area contributed by atoms with Crippen LogP contribution in [0.25, 0.3) is 0 Å². The van der Waals surface area contributed by atoms with Crippen LogP contribution < -0.4 is 0 Å². The van der Waals surface area contributed by atoms with E-state index in [1.807, 2.05) is 41.5 Å². The Morgan fingerprint density at radius 1 is 0.611 bits per heavy atom. The van der Waals surface area contributed by atoms with Crippen LogP contribution in [0.4, 0.5) is 0 Å². The molecule has 0 rings (SSSR count). The summed E-state index contributed by atoms with van der Waals surface area (Å²) in [5.41, 5.74) is -0.179. The Bertz CT molecular complexity index is 211. The molecule has 0 aliphatic rings. The van der Waals surface area contributed by atoms with Crippen LogP contribution in [-0.4, -0.2) is 27.3 Å². The molecule has 0 fully saturated rings. The summed E-state index contributed by atoms with van der Waals surface area (Å²) in [6, 6.07) is 0. The first kappa shape index (κ1) is 19.8. The van der Waals surface area contributed by atoms with Gasteiger partial charge in [0.25, 0.3) is 0 Å². The molecule has 0 N–H and O–H groups in total. The molecule has 110 valence electrons. The van der Waals surface area contributed by atoms with Crippen molar-refractivity contribution in [3.8, 4) is 0 Å². The SMILES string of the molecule is CC(C)(C)OC=COC(C)(C)C.CC(C)(C)O[SiH3]. The van der Waals surface area contributed by atoms with Crippen molar-refractivity contribution in [2.24, 2.45) is 0 Å². The summed E-state index contributed by atoms with van der Waals surface area (Å²) in [4.78, 5) is 0. The Morgan fingerprint density at radius 3 is 0.944 bits per heavy atom. The second-order valence-electron chi connectivity index (χ2n) is 7.05. The summed E-state index contributed by atoms with van der Waals surface area (Å²) in [5.74, 6) is 0. The van der Waals surface area contributed by atoms with E-state index in [9.17, 15) is 0 Å². The smallest absolute Gasteiger partial charge is 0.146 e. The summed E-state index contributed by atoms with van der Waals surface area (Å²) in [6.07, 6.45) is 3.18. The Hall–Kier alpha value is -0.483. The topological polar surface area (TPSA) is 27.7 Å². The van der Waals surface area contributed by atoms with E-state index in [-0.39, 0.29) is 16.8 Å². The van der Waals surface area contributed by atoms with Crippen LogP contribution in [0.1, 0.15) is 62.3 Å². The quantitative estimate of drug-likeness (QED) is 0.573. The first-order valence-electron chi connectivity index (χ1n) is 6.33. The normalized spacial score (nSPS) is 13.2. The van der Waals surface area contributed by atoms with Crippen molar-refractivity contribution in [1.82, 2.24) is 0 Å². The maximum absolute atomic E-state index is 5.32. The number of hydrogen-bond acceptors (Lipinski definition) is 3. The summed E-state index contributed by atoms with van der Waals surface area (Å²) in [5, 5.41) is 0. The lowest BCUT2D eigenvalue weighted by atomic mass is 10.2. The molecular weight excluding hydrogens is 244 g/mol. The second-order valence-corrected chi connectivity index (χ2v) is 7.46. The molecule has 0 aromatic heterocycles. The zero-order valence-corrected chi connectivity index (χ0v) is 15.9. The highest BCUT2D eigenvalue weighted by molar-refractivity contribution is 5.98. The summed E-state index contributed by atoms with van der Waals surface area (Å²) in [6.45, 7) is 18.1. The maximum atomic E-state index is 5.32. The molecule has 18 heavy (non-hydrogen) atoms. The van der Waals surface area contributed by atoms with Crippen LogP contribution in [0.5, 0.6) is 0 Å². The highest BCUT2D eigenvalue weighted by Gasteiger charge is 2.09. The van der Waals surface area contributed by atoms with Crippen LogP contribution in [0, 0.1) is 0 Å². The number of ether oxygens (including phenoxy) is 2. The highest BCUT2D eigenvalue weighted by atomic mass is 28.2. The Balaban J connectivity index is 0. The zero-order valence-electron chi connectivity index (χ0n) is 13.9. The third-order valence-corrected chi connectivity index (χ3v) is 2.74. The minimum absolute atomic E-state index is 0.103. The molecular formula is C14H32O3Si. The lowest BCUT2D eigenvalue weighted by Crippen LogP contribution is -2.17. The molecule has 0 aliphatic heterocycles. The van der Waals surface area contributed by atoms with Gasteiger partial charge >= 0.3 is 0 Å². The molecule has 0 heterocycles. The molecule has 0 aliphatic carbocycles. The number of hydrogen-bond donors (Lipinski definition) is 0. The van der Waals surface area contributed by atoms with Gasteiger partial charge in [-0.1, -0.05) is 0 Å². The van der Waals surface area contributed by atoms with Gasteiger partial charge in [-0.15, -0.1) is 0 Å². The minimum Gasteiger partial charge on any atom is -0.493 e. The summed E-state index contributed by atoms with van der Waals surface area (Å²) >= 11 is 0. The van der Waals surface area contributed by atoms with E-state index < -0.39 is 0 Å². The average molecular weight is 276 g/mol. The standard InChI is InChI=1S/C10H20O2.C4H12OSi/c1-9(2,3)11-7-8-12-10(4,5)6;1-4(2,3)5-6/h7-8H,1-6H3;1-3,6H3. The highest BCUT2D eigenvalue weighted by Crippen LogP contribution is 2.10. The maximum Gasteiger partial charge on any atom is 0.146 e. The second kappa shape index (κ2) is 7.84. The fraction of sp³-hybridized carbons (Fsp3) is 0.857. The monoisotopic (exact) mass is 276 g/mol. The molecule has 3 nitrogen and oxygen atoms in total. The van der Waals surface area contributed by atoms with Crippen LogP contribution in [0.2, 0.25) is 0 Å². The van der Waals surface area contributed by atoms with Crippen LogP contribution >= 0.6 is 0 Å². The molecule has 0 saturated heterocycles. The fourth-order valence-electron chi connectivity index (χ4n) is 0.464. The third-order valence-electron chi connectivity index (χ3n) is 1.51. The minimum atomic E-state index is -0.141. The largest absolute Gasteiger partial charge is 0.493 e. The van der Waals surface area contributed by atoms with Crippen molar-refractivity contribution < 1.29 is 13.9 Å². The van der Waals surface area contributed by atoms with Gasteiger partial charge in [-0.05, 0) is 62.3 Å². The summed E-state index contributed by atoms with van der Waals surface area (Å²) < 4.78 is 15.7. The van der Waals surface area contributed by atoms with Gasteiger partial charge in [-0.2, -0.15) is 0 Å². The van der Waals surface area contributed by atoms with Gasteiger partial charge < -0.3 is 13.9 Å². The molecule has 0 radical (unpaired) electrons. The van der Waals surface area contributed by atoms with E-state index in [2.05, 4.69) is 20.8 Å². The van der Waals surface area contributed by atoms with Crippen molar-refractivity contribution in [2.75, 3.05) is 0 Å². The predicted molar refractivity (Wildman–Crippen MR) is 81.6 cm³/mol. The van der Waals surface area contributed by atoms with Gasteiger partial charge in [0.15, 0.2) is 0 Å². The van der Waals surface area contributed by atoms with Crippen molar-refractivity contribution in [3.63, 3.8) is 0 Å². The van der Waals surface area contributed by atoms with Crippen molar-refractivity contribution in [3.05, 3.63) is 12.5 Å². The average Bonchev–Trinajstić information content (AvgIpc) is 2.09. The van der Waals surface area contributed by atoms with Gasteiger partial charge in [0, 0.05) is 5.60 Å². The van der Waals surface area contributed by atoms with Crippen molar-refractivity contribution >= 4 is 10.5 Å². The molecule has 0 saturated carbocycles. The molecule has 0 aromatic carbocycles.